The molecule has 1 aromatic carbocycles. The third-order valence-electron chi connectivity index (χ3n) is 4.58. The number of carbonyl (C=O) groups is 1. The Labute approximate surface area is 142 Å². The SMILES string of the molecule is C[C@@H](c1cccnc1)N1CCN(C(=O)c2ccc(C#N)cc2)CC1. The highest BCUT2D eigenvalue weighted by Gasteiger charge is 2.25. The highest BCUT2D eigenvalue weighted by Crippen LogP contribution is 2.21. The molecule has 1 fully saturated rings. The molecule has 0 spiro atoms. The summed E-state index contributed by atoms with van der Waals surface area (Å²) in [6, 6.07) is 13.2. The Kier molecular flexibility index (Phi) is 4.88. The van der Waals surface area contributed by atoms with E-state index in [0.717, 1.165) is 13.1 Å². The predicted molar refractivity (Wildman–Crippen MR) is 91.3 cm³/mol. The van der Waals surface area contributed by atoms with Crippen molar-refractivity contribution in [3.63, 3.8) is 0 Å². The zero-order chi connectivity index (χ0) is 16.9. The molecule has 2 aromatic rings. The molecule has 5 nitrogen and oxygen atoms in total. The molecule has 0 saturated carbocycles. The molecule has 1 aliphatic rings. The van der Waals surface area contributed by atoms with Gasteiger partial charge in [-0.05, 0) is 42.8 Å². The molecule has 0 aliphatic carbocycles. The van der Waals surface area contributed by atoms with Crippen molar-refractivity contribution in [2.45, 2.75) is 13.0 Å². The Morgan fingerprint density at radius 2 is 1.88 bits per heavy atom. The summed E-state index contributed by atoms with van der Waals surface area (Å²) in [5, 5.41) is 8.84. The fourth-order valence-corrected chi connectivity index (χ4v) is 3.02. The van der Waals surface area contributed by atoms with Crippen LogP contribution in [0, 0.1) is 11.3 Å². The van der Waals surface area contributed by atoms with E-state index in [1.165, 1.54) is 5.56 Å². The largest absolute Gasteiger partial charge is 0.336 e. The van der Waals surface area contributed by atoms with Crippen molar-refractivity contribution in [3.05, 3.63) is 65.5 Å². The monoisotopic (exact) mass is 320 g/mol. The van der Waals surface area contributed by atoms with Crippen LogP contribution in [0.4, 0.5) is 0 Å². The molecule has 0 radical (unpaired) electrons. The topological polar surface area (TPSA) is 60.2 Å². The van der Waals surface area contributed by atoms with E-state index < -0.39 is 0 Å². The van der Waals surface area contributed by atoms with Gasteiger partial charge in [0.25, 0.3) is 5.91 Å². The maximum absolute atomic E-state index is 12.6. The van der Waals surface area contributed by atoms with Gasteiger partial charge in [-0.1, -0.05) is 6.07 Å². The van der Waals surface area contributed by atoms with Gasteiger partial charge in [-0.25, -0.2) is 0 Å². The van der Waals surface area contributed by atoms with Gasteiger partial charge in [0.15, 0.2) is 0 Å². The second kappa shape index (κ2) is 7.24. The average molecular weight is 320 g/mol. The Hall–Kier alpha value is -2.71. The molecule has 1 amide bonds. The minimum Gasteiger partial charge on any atom is -0.336 e. The van der Waals surface area contributed by atoms with Gasteiger partial charge in [0.2, 0.25) is 0 Å². The molecule has 0 bridgehead atoms. The lowest BCUT2D eigenvalue weighted by molar-refractivity contribution is 0.0582. The van der Waals surface area contributed by atoms with Crippen LogP contribution in [0.3, 0.4) is 0 Å². The lowest BCUT2D eigenvalue weighted by Crippen LogP contribution is -2.49. The van der Waals surface area contributed by atoms with Crippen LogP contribution in [-0.4, -0.2) is 46.9 Å². The van der Waals surface area contributed by atoms with Crippen molar-refractivity contribution in [2.75, 3.05) is 26.2 Å². The lowest BCUT2D eigenvalue weighted by Gasteiger charge is -2.38. The number of hydrogen-bond donors (Lipinski definition) is 0. The molecule has 3 rings (SSSR count). The van der Waals surface area contributed by atoms with Crippen LogP contribution in [0.25, 0.3) is 0 Å². The number of benzene rings is 1. The first kappa shape index (κ1) is 16.2. The quantitative estimate of drug-likeness (QED) is 0.872. The van der Waals surface area contributed by atoms with E-state index in [9.17, 15) is 4.79 Å². The summed E-state index contributed by atoms with van der Waals surface area (Å²) < 4.78 is 0. The summed E-state index contributed by atoms with van der Waals surface area (Å²) in [5.41, 5.74) is 2.41. The summed E-state index contributed by atoms with van der Waals surface area (Å²) in [4.78, 5) is 21.0. The fraction of sp³-hybridized carbons (Fsp3) is 0.316. The van der Waals surface area contributed by atoms with Gasteiger partial charge in [-0.15, -0.1) is 0 Å². The highest BCUT2D eigenvalue weighted by molar-refractivity contribution is 5.94. The minimum atomic E-state index is 0.0353. The van der Waals surface area contributed by atoms with Crippen LogP contribution >= 0.6 is 0 Å². The fourth-order valence-electron chi connectivity index (χ4n) is 3.02. The van der Waals surface area contributed by atoms with E-state index in [-0.39, 0.29) is 5.91 Å². The van der Waals surface area contributed by atoms with Gasteiger partial charge in [0.1, 0.15) is 0 Å². The summed E-state index contributed by atoms with van der Waals surface area (Å²) in [5.74, 6) is 0.0353. The summed E-state index contributed by atoms with van der Waals surface area (Å²) in [7, 11) is 0. The molecule has 1 aromatic heterocycles. The molecule has 0 unspecified atom stereocenters. The number of pyridine rings is 1. The van der Waals surface area contributed by atoms with Crippen LogP contribution in [0.15, 0.2) is 48.8 Å². The van der Waals surface area contributed by atoms with Crippen molar-refractivity contribution in [3.8, 4) is 6.07 Å². The van der Waals surface area contributed by atoms with Crippen molar-refractivity contribution >= 4 is 5.91 Å². The molecule has 2 heterocycles. The summed E-state index contributed by atoms with van der Waals surface area (Å²) >= 11 is 0. The molecule has 5 heteroatoms. The van der Waals surface area contributed by atoms with E-state index in [0.29, 0.717) is 30.3 Å². The van der Waals surface area contributed by atoms with Crippen molar-refractivity contribution < 1.29 is 4.79 Å². The molecule has 1 atom stereocenters. The van der Waals surface area contributed by atoms with Gasteiger partial charge in [-0.3, -0.25) is 14.7 Å². The molecule has 0 N–H and O–H groups in total. The normalized spacial score (nSPS) is 16.4. The Morgan fingerprint density at radius 1 is 1.17 bits per heavy atom. The minimum absolute atomic E-state index is 0.0353. The number of hydrogen-bond acceptors (Lipinski definition) is 4. The Bertz CT molecular complexity index is 728. The zero-order valence-corrected chi connectivity index (χ0v) is 13.7. The molecular formula is C19H20N4O. The van der Waals surface area contributed by atoms with Crippen molar-refractivity contribution in [1.82, 2.24) is 14.8 Å². The molecular weight excluding hydrogens is 300 g/mol. The van der Waals surface area contributed by atoms with Crippen molar-refractivity contribution in [2.24, 2.45) is 0 Å². The van der Waals surface area contributed by atoms with Crippen LogP contribution in [-0.2, 0) is 0 Å². The number of rotatable bonds is 3. The Morgan fingerprint density at radius 3 is 2.46 bits per heavy atom. The Balaban J connectivity index is 1.60. The maximum Gasteiger partial charge on any atom is 0.253 e. The van der Waals surface area contributed by atoms with E-state index in [4.69, 9.17) is 5.26 Å². The maximum atomic E-state index is 12.6. The third-order valence-corrected chi connectivity index (χ3v) is 4.58. The number of carbonyl (C=O) groups excluding carboxylic acids is 1. The average Bonchev–Trinajstić information content (AvgIpc) is 2.68. The van der Waals surface area contributed by atoms with Crippen LogP contribution in [0.5, 0.6) is 0 Å². The van der Waals surface area contributed by atoms with Gasteiger partial charge in [-0.2, -0.15) is 5.26 Å². The van der Waals surface area contributed by atoms with E-state index >= 15 is 0 Å². The number of aromatic nitrogens is 1. The molecule has 24 heavy (non-hydrogen) atoms. The number of amides is 1. The molecule has 1 aliphatic heterocycles. The van der Waals surface area contributed by atoms with Crippen LogP contribution in [0.1, 0.15) is 34.5 Å². The zero-order valence-electron chi connectivity index (χ0n) is 13.7. The highest BCUT2D eigenvalue weighted by atomic mass is 16.2. The van der Waals surface area contributed by atoms with Crippen molar-refractivity contribution in [1.29, 1.82) is 5.26 Å². The number of nitrogens with zero attached hydrogens (tertiary/aromatic N) is 4. The first-order valence-electron chi connectivity index (χ1n) is 8.12. The second-order valence-electron chi connectivity index (χ2n) is 5.98. The molecule has 1 saturated heterocycles. The summed E-state index contributed by atoms with van der Waals surface area (Å²) in [6.07, 6.45) is 3.68. The number of piperazine rings is 1. The lowest BCUT2D eigenvalue weighted by atomic mass is 10.1. The van der Waals surface area contributed by atoms with Crippen LogP contribution in [0.2, 0.25) is 0 Å². The first-order valence-corrected chi connectivity index (χ1v) is 8.12. The number of nitriles is 1. The predicted octanol–water partition coefficient (Wildman–Crippen LogP) is 2.47. The van der Waals surface area contributed by atoms with E-state index in [2.05, 4.69) is 28.9 Å². The summed E-state index contributed by atoms with van der Waals surface area (Å²) in [6.45, 7) is 5.29. The van der Waals surface area contributed by atoms with Crippen LogP contribution < -0.4 is 0 Å². The first-order chi connectivity index (χ1) is 11.7. The third kappa shape index (κ3) is 3.44. The van der Waals surface area contributed by atoms with Gasteiger partial charge in [0.05, 0.1) is 11.6 Å². The van der Waals surface area contributed by atoms with Gasteiger partial charge in [0, 0.05) is 50.2 Å². The van der Waals surface area contributed by atoms with Gasteiger partial charge >= 0.3 is 0 Å². The second-order valence-corrected chi connectivity index (χ2v) is 5.98. The van der Waals surface area contributed by atoms with Gasteiger partial charge < -0.3 is 4.90 Å². The van der Waals surface area contributed by atoms with E-state index in [1.54, 1.807) is 30.5 Å². The smallest absolute Gasteiger partial charge is 0.253 e. The standard InChI is InChI=1S/C19H20N4O/c1-15(18-3-2-8-21-14-18)22-9-11-23(12-10-22)19(24)17-6-4-16(13-20)5-7-17/h2-8,14-15H,9-12H2,1H3/t15-/m0/s1. The van der Waals surface area contributed by atoms with E-state index in [1.807, 2.05) is 17.2 Å². The molecule has 122 valence electrons.